The third-order valence-corrected chi connectivity index (χ3v) is 6.86. The summed E-state index contributed by atoms with van der Waals surface area (Å²) in [5.74, 6) is 0.349. The number of nitrogens with one attached hydrogen (secondary N) is 3. The van der Waals surface area contributed by atoms with Crippen LogP contribution in [0.4, 0.5) is 0 Å². The van der Waals surface area contributed by atoms with Gasteiger partial charge in [0, 0.05) is 6.54 Å². The Morgan fingerprint density at radius 3 is 2.59 bits per heavy atom. The second-order valence-corrected chi connectivity index (χ2v) is 9.63. The maximum Gasteiger partial charge on any atom is 0.243 e. The molecule has 154 valence electrons. The first kappa shape index (κ1) is 21.4. The molecule has 3 rings (SSSR count). The van der Waals surface area contributed by atoms with Crippen LogP contribution in [0.1, 0.15) is 24.1 Å². The van der Waals surface area contributed by atoms with Crippen LogP contribution in [0.5, 0.6) is 0 Å². The highest BCUT2D eigenvalue weighted by molar-refractivity contribution is 7.88. The predicted octanol–water partition coefficient (Wildman–Crippen LogP) is 2.60. The summed E-state index contributed by atoms with van der Waals surface area (Å²) >= 11 is 6.82. The van der Waals surface area contributed by atoms with E-state index in [4.69, 9.17) is 12.2 Å². The van der Waals surface area contributed by atoms with Crippen LogP contribution in [-0.2, 0) is 27.1 Å². The topological polar surface area (TPSA) is 109 Å². The number of H-pyrrole nitrogens is 1. The lowest BCUT2D eigenvalue weighted by Crippen LogP contribution is -2.31. The van der Waals surface area contributed by atoms with Crippen molar-refractivity contribution in [1.29, 1.82) is 0 Å². The molecule has 2 aromatic heterocycles. The van der Waals surface area contributed by atoms with Gasteiger partial charge < -0.3 is 5.32 Å². The number of aromatic nitrogens is 3. The van der Waals surface area contributed by atoms with E-state index in [-0.39, 0.29) is 11.7 Å². The second-order valence-electron chi connectivity index (χ2n) is 6.37. The molecule has 0 fully saturated rings. The number of hydrogen-bond donors (Lipinski definition) is 3. The van der Waals surface area contributed by atoms with E-state index in [0.717, 1.165) is 10.4 Å². The number of sulfonamides is 1. The quantitative estimate of drug-likeness (QED) is 0.456. The van der Waals surface area contributed by atoms with Gasteiger partial charge in [-0.25, -0.2) is 13.1 Å². The molecular formula is C18H21N5O3S3. The van der Waals surface area contributed by atoms with Gasteiger partial charge in [-0.1, -0.05) is 30.3 Å². The molecule has 0 saturated heterocycles. The van der Waals surface area contributed by atoms with Crippen LogP contribution in [0.15, 0.2) is 41.8 Å². The molecule has 1 unspecified atom stereocenters. The van der Waals surface area contributed by atoms with Crippen molar-refractivity contribution in [2.24, 2.45) is 0 Å². The van der Waals surface area contributed by atoms with Crippen molar-refractivity contribution in [1.82, 2.24) is 24.8 Å². The van der Waals surface area contributed by atoms with Gasteiger partial charge in [-0.3, -0.25) is 14.5 Å². The Balaban J connectivity index is 1.66. The van der Waals surface area contributed by atoms with Gasteiger partial charge in [0.1, 0.15) is 6.04 Å². The monoisotopic (exact) mass is 451 g/mol. The average Bonchev–Trinajstić information content (AvgIpc) is 3.36. The van der Waals surface area contributed by atoms with Gasteiger partial charge >= 0.3 is 0 Å². The maximum absolute atomic E-state index is 12.7. The number of nitrogens with zero attached hydrogens (tertiary/aromatic N) is 2. The SMILES string of the molecule is CNS(=O)(=O)Cc1ccc(CNC(=O)C(C)n2c(-c3cccs3)n[nH]c2=S)cc1. The van der Waals surface area contributed by atoms with Crippen LogP contribution in [-0.4, -0.2) is 36.1 Å². The molecule has 2 heterocycles. The number of benzene rings is 1. The van der Waals surface area contributed by atoms with Crippen LogP contribution in [0, 0.1) is 4.77 Å². The molecule has 0 aliphatic carbocycles. The summed E-state index contributed by atoms with van der Waals surface area (Å²) in [6.07, 6.45) is 0. The zero-order valence-corrected chi connectivity index (χ0v) is 18.3. The summed E-state index contributed by atoms with van der Waals surface area (Å²) < 4.78 is 27.6. The fourth-order valence-corrected chi connectivity index (χ4v) is 4.52. The van der Waals surface area contributed by atoms with Crippen LogP contribution >= 0.6 is 23.6 Å². The van der Waals surface area contributed by atoms with Gasteiger partial charge in [-0.2, -0.15) is 5.10 Å². The normalized spacial score (nSPS) is 12.6. The summed E-state index contributed by atoms with van der Waals surface area (Å²) in [6, 6.07) is 10.4. The molecule has 8 nitrogen and oxygen atoms in total. The van der Waals surface area contributed by atoms with Crippen molar-refractivity contribution in [3.8, 4) is 10.7 Å². The summed E-state index contributed by atoms with van der Waals surface area (Å²) in [7, 11) is -1.93. The molecule has 3 aromatic rings. The van der Waals surface area contributed by atoms with Crippen molar-refractivity contribution in [2.45, 2.75) is 25.3 Å². The third-order valence-electron chi connectivity index (χ3n) is 4.37. The first-order valence-corrected chi connectivity index (χ1v) is 11.7. The molecule has 0 saturated carbocycles. The van der Waals surface area contributed by atoms with E-state index in [0.29, 0.717) is 22.7 Å². The molecule has 3 N–H and O–H groups in total. The number of rotatable bonds is 8. The Morgan fingerprint density at radius 1 is 1.28 bits per heavy atom. The molecule has 11 heteroatoms. The lowest BCUT2D eigenvalue weighted by Gasteiger charge is -2.15. The molecule has 1 atom stereocenters. The highest BCUT2D eigenvalue weighted by Gasteiger charge is 2.21. The number of aromatic amines is 1. The van der Waals surface area contributed by atoms with Crippen LogP contribution < -0.4 is 10.0 Å². The Kier molecular flexibility index (Phi) is 6.63. The Hall–Kier alpha value is -2.34. The van der Waals surface area contributed by atoms with E-state index in [2.05, 4.69) is 20.2 Å². The first-order chi connectivity index (χ1) is 13.8. The standard InChI is InChI=1S/C18H21N5O3S3/c1-12(23-16(21-22-18(23)27)15-4-3-9-28-15)17(24)20-10-13-5-7-14(8-6-13)11-29(25,26)19-2/h3-9,12,19H,10-11H2,1-2H3,(H,20,24)(H,22,27). The lowest BCUT2D eigenvalue weighted by atomic mass is 10.1. The first-order valence-electron chi connectivity index (χ1n) is 8.78. The second kappa shape index (κ2) is 8.99. The van der Waals surface area contributed by atoms with Gasteiger partial charge in [-0.15, -0.1) is 11.3 Å². The zero-order chi connectivity index (χ0) is 21.0. The fourth-order valence-electron chi connectivity index (χ4n) is 2.74. The molecule has 0 aliphatic heterocycles. The number of amides is 1. The Morgan fingerprint density at radius 2 is 1.97 bits per heavy atom. The van der Waals surface area contributed by atoms with Crippen molar-refractivity contribution < 1.29 is 13.2 Å². The summed E-state index contributed by atoms with van der Waals surface area (Å²) in [6.45, 7) is 2.09. The number of hydrogen-bond acceptors (Lipinski definition) is 6. The summed E-state index contributed by atoms with van der Waals surface area (Å²) in [5.41, 5.74) is 1.54. The van der Waals surface area contributed by atoms with Gasteiger partial charge in [0.25, 0.3) is 0 Å². The van der Waals surface area contributed by atoms with Crippen LogP contribution in [0.2, 0.25) is 0 Å². The zero-order valence-electron chi connectivity index (χ0n) is 15.9. The summed E-state index contributed by atoms with van der Waals surface area (Å²) in [5, 5.41) is 11.8. The van der Waals surface area contributed by atoms with Gasteiger partial charge in [0.15, 0.2) is 10.6 Å². The Labute approximate surface area is 178 Å². The molecule has 0 bridgehead atoms. The van der Waals surface area contributed by atoms with E-state index in [1.165, 1.54) is 18.4 Å². The van der Waals surface area contributed by atoms with E-state index in [1.807, 2.05) is 17.5 Å². The van der Waals surface area contributed by atoms with Crippen LogP contribution in [0.3, 0.4) is 0 Å². The van der Waals surface area contributed by atoms with Crippen molar-refractivity contribution in [2.75, 3.05) is 7.05 Å². The molecule has 29 heavy (non-hydrogen) atoms. The number of carbonyl (C=O) groups excluding carboxylic acids is 1. The minimum Gasteiger partial charge on any atom is -0.350 e. The fraction of sp³-hybridized carbons (Fsp3) is 0.278. The van der Waals surface area contributed by atoms with E-state index < -0.39 is 16.1 Å². The predicted molar refractivity (Wildman–Crippen MR) is 115 cm³/mol. The molecule has 0 spiro atoms. The number of thiophene rings is 1. The third kappa shape index (κ3) is 5.18. The van der Waals surface area contributed by atoms with E-state index in [9.17, 15) is 13.2 Å². The van der Waals surface area contributed by atoms with Gasteiger partial charge in [0.2, 0.25) is 15.9 Å². The molecular weight excluding hydrogens is 430 g/mol. The molecule has 1 amide bonds. The van der Waals surface area contributed by atoms with E-state index >= 15 is 0 Å². The Bertz CT molecular complexity index is 1130. The smallest absolute Gasteiger partial charge is 0.243 e. The highest BCUT2D eigenvalue weighted by atomic mass is 32.2. The van der Waals surface area contributed by atoms with Gasteiger partial charge in [-0.05, 0) is 48.8 Å². The highest BCUT2D eigenvalue weighted by Crippen LogP contribution is 2.25. The number of carbonyl (C=O) groups is 1. The minimum absolute atomic E-state index is 0.0859. The maximum atomic E-state index is 12.7. The summed E-state index contributed by atoms with van der Waals surface area (Å²) in [4.78, 5) is 13.6. The lowest BCUT2D eigenvalue weighted by molar-refractivity contribution is -0.124. The molecule has 0 radical (unpaired) electrons. The molecule has 0 aliphatic rings. The van der Waals surface area contributed by atoms with Crippen LogP contribution in [0.25, 0.3) is 10.7 Å². The minimum atomic E-state index is -3.31. The largest absolute Gasteiger partial charge is 0.350 e. The van der Waals surface area contributed by atoms with Crippen molar-refractivity contribution in [3.63, 3.8) is 0 Å². The van der Waals surface area contributed by atoms with E-state index in [1.54, 1.807) is 35.8 Å². The van der Waals surface area contributed by atoms with Crippen molar-refractivity contribution >= 4 is 39.5 Å². The van der Waals surface area contributed by atoms with Crippen molar-refractivity contribution in [3.05, 3.63) is 57.7 Å². The average molecular weight is 452 g/mol. The van der Waals surface area contributed by atoms with Gasteiger partial charge in [0.05, 0.1) is 10.6 Å². The molecule has 1 aromatic carbocycles.